The number of fused-ring (bicyclic) bond motifs is 1. The van der Waals surface area contributed by atoms with Gasteiger partial charge in [-0.2, -0.15) is 0 Å². The van der Waals surface area contributed by atoms with Gasteiger partial charge >= 0.3 is 5.97 Å². The molecule has 0 aromatic heterocycles. The van der Waals surface area contributed by atoms with Crippen LogP contribution in [0.25, 0.3) is 10.8 Å². The molecular formula is C23H31NO3. The fourth-order valence-electron chi connectivity index (χ4n) is 4.22. The maximum Gasteiger partial charge on any atom is 0.317 e. The number of carbonyl (C=O) groups is 1. The van der Waals surface area contributed by atoms with Crippen LogP contribution in [0.5, 0.6) is 5.75 Å². The van der Waals surface area contributed by atoms with E-state index in [2.05, 4.69) is 44.3 Å². The van der Waals surface area contributed by atoms with Crippen LogP contribution in [0, 0.1) is 18.8 Å². The van der Waals surface area contributed by atoms with E-state index in [1.54, 1.807) is 0 Å². The molecule has 1 fully saturated rings. The highest BCUT2D eigenvalue weighted by atomic mass is 16.5. The van der Waals surface area contributed by atoms with Crippen molar-refractivity contribution in [2.75, 3.05) is 6.54 Å². The van der Waals surface area contributed by atoms with Gasteiger partial charge in [0, 0.05) is 12.1 Å². The second-order valence-electron chi connectivity index (χ2n) is 8.11. The Labute approximate surface area is 161 Å². The predicted octanol–water partition coefficient (Wildman–Crippen LogP) is 4.92. The number of hydrogen-bond acceptors (Lipinski definition) is 3. The summed E-state index contributed by atoms with van der Waals surface area (Å²) in [6, 6.07) is 10.4. The Kier molecular flexibility index (Phi) is 6.38. The van der Waals surface area contributed by atoms with Gasteiger partial charge in [0.2, 0.25) is 0 Å². The van der Waals surface area contributed by atoms with Gasteiger partial charge in [0.1, 0.15) is 5.75 Å². The Morgan fingerprint density at radius 2 is 1.85 bits per heavy atom. The summed E-state index contributed by atoms with van der Waals surface area (Å²) in [4.78, 5) is 10.9. The van der Waals surface area contributed by atoms with Crippen molar-refractivity contribution in [1.29, 1.82) is 0 Å². The van der Waals surface area contributed by atoms with Crippen LogP contribution in [0.15, 0.2) is 30.3 Å². The molecule has 0 heterocycles. The topological polar surface area (TPSA) is 58.6 Å². The largest absolute Gasteiger partial charge is 0.490 e. The van der Waals surface area contributed by atoms with Crippen LogP contribution >= 0.6 is 0 Å². The van der Waals surface area contributed by atoms with Gasteiger partial charge in [-0.25, -0.2) is 0 Å². The normalized spacial score (nSPS) is 20.1. The van der Waals surface area contributed by atoms with E-state index >= 15 is 0 Å². The van der Waals surface area contributed by atoms with E-state index in [1.165, 1.54) is 23.8 Å². The molecule has 1 aliphatic rings. The van der Waals surface area contributed by atoms with Gasteiger partial charge in [0.05, 0.1) is 12.6 Å². The molecule has 0 unspecified atom stereocenters. The highest BCUT2D eigenvalue weighted by Gasteiger charge is 2.25. The van der Waals surface area contributed by atoms with Crippen LogP contribution in [0.4, 0.5) is 0 Å². The van der Waals surface area contributed by atoms with Crippen molar-refractivity contribution in [3.05, 3.63) is 41.5 Å². The molecule has 0 atom stereocenters. The summed E-state index contributed by atoms with van der Waals surface area (Å²) in [5.41, 5.74) is 2.25. The molecule has 2 N–H and O–H groups in total. The summed E-state index contributed by atoms with van der Waals surface area (Å²) in [6.45, 7) is 7.17. The van der Waals surface area contributed by atoms with Crippen molar-refractivity contribution in [2.24, 2.45) is 11.8 Å². The number of nitrogens with one attached hydrogen (secondary N) is 1. The Morgan fingerprint density at radius 3 is 2.48 bits per heavy atom. The molecular weight excluding hydrogens is 338 g/mol. The lowest BCUT2D eigenvalue weighted by Crippen LogP contribution is -2.27. The maximum atomic E-state index is 10.9. The summed E-state index contributed by atoms with van der Waals surface area (Å²) < 4.78 is 6.47. The molecule has 0 aliphatic heterocycles. The average Bonchev–Trinajstić information content (AvgIpc) is 2.64. The summed E-state index contributed by atoms with van der Waals surface area (Å²) in [7, 11) is 0. The summed E-state index contributed by atoms with van der Waals surface area (Å²) in [6.07, 6.45) is 4.88. The zero-order valence-corrected chi connectivity index (χ0v) is 16.6. The van der Waals surface area contributed by atoms with E-state index in [9.17, 15) is 4.79 Å². The van der Waals surface area contributed by atoms with Crippen molar-refractivity contribution < 1.29 is 14.6 Å². The van der Waals surface area contributed by atoms with Crippen molar-refractivity contribution >= 4 is 16.7 Å². The van der Waals surface area contributed by atoms with Crippen LogP contribution in [0.1, 0.15) is 50.7 Å². The monoisotopic (exact) mass is 369 g/mol. The number of benzene rings is 2. The quantitative estimate of drug-likeness (QED) is 0.727. The van der Waals surface area contributed by atoms with Gasteiger partial charge in [0.15, 0.2) is 0 Å². The number of hydrogen-bond donors (Lipinski definition) is 2. The highest BCUT2D eigenvalue weighted by Crippen LogP contribution is 2.36. The molecule has 0 bridgehead atoms. The van der Waals surface area contributed by atoms with Gasteiger partial charge in [-0.1, -0.05) is 38.1 Å². The Morgan fingerprint density at radius 1 is 1.19 bits per heavy atom. The first kappa shape index (κ1) is 19.7. The molecule has 4 nitrogen and oxygen atoms in total. The minimum absolute atomic E-state index is 0.0544. The van der Waals surface area contributed by atoms with Crippen LogP contribution in [0.3, 0.4) is 0 Å². The van der Waals surface area contributed by atoms with Crippen molar-refractivity contribution in [3.8, 4) is 5.75 Å². The molecule has 0 saturated heterocycles. The minimum Gasteiger partial charge on any atom is -0.490 e. The second kappa shape index (κ2) is 8.75. The van der Waals surface area contributed by atoms with Gasteiger partial charge in [-0.15, -0.1) is 0 Å². The van der Waals surface area contributed by atoms with E-state index in [1.807, 2.05) is 12.1 Å². The Hall–Kier alpha value is -2.07. The van der Waals surface area contributed by atoms with E-state index in [-0.39, 0.29) is 12.6 Å². The maximum absolute atomic E-state index is 10.9. The standard InChI is InChI=1S/C23H31NO3/c1-15(2)17-8-10-18(11-9-17)27-22-12-16(3)19-6-4-5-7-20(19)21(22)13-24-14-23(25)26/h4-7,12,15,17-18,24H,8-11,13-14H2,1-3H3,(H,25,26)/t17-,18-. The van der Waals surface area contributed by atoms with E-state index in [0.29, 0.717) is 6.54 Å². The zero-order chi connectivity index (χ0) is 19.4. The average molecular weight is 370 g/mol. The van der Waals surface area contributed by atoms with E-state index in [4.69, 9.17) is 9.84 Å². The Balaban J connectivity index is 1.83. The fraction of sp³-hybridized carbons (Fsp3) is 0.522. The first-order valence-corrected chi connectivity index (χ1v) is 10.1. The molecule has 0 radical (unpaired) electrons. The minimum atomic E-state index is -0.846. The predicted molar refractivity (Wildman–Crippen MR) is 109 cm³/mol. The number of rotatable bonds is 7. The zero-order valence-electron chi connectivity index (χ0n) is 16.6. The van der Waals surface area contributed by atoms with E-state index in [0.717, 1.165) is 41.4 Å². The molecule has 2 aromatic carbocycles. The number of aliphatic carboxylic acids is 1. The summed E-state index contributed by atoms with van der Waals surface area (Å²) >= 11 is 0. The van der Waals surface area contributed by atoms with Crippen LogP contribution < -0.4 is 10.1 Å². The molecule has 3 rings (SSSR count). The molecule has 0 spiro atoms. The van der Waals surface area contributed by atoms with Crippen LogP contribution in [0.2, 0.25) is 0 Å². The lowest BCUT2D eigenvalue weighted by molar-refractivity contribution is -0.136. The molecule has 1 aliphatic carbocycles. The Bertz CT molecular complexity index is 792. The summed E-state index contributed by atoms with van der Waals surface area (Å²) in [5, 5.41) is 14.3. The number of ether oxygens (including phenoxy) is 1. The lowest BCUT2D eigenvalue weighted by Gasteiger charge is -2.32. The SMILES string of the molecule is Cc1cc(O[C@H]2CC[C@H](C(C)C)CC2)c(CNCC(=O)O)c2ccccc12. The lowest BCUT2D eigenvalue weighted by atomic mass is 9.80. The third kappa shape index (κ3) is 4.81. The van der Waals surface area contributed by atoms with Gasteiger partial charge in [0.25, 0.3) is 0 Å². The van der Waals surface area contributed by atoms with Crippen LogP contribution in [-0.2, 0) is 11.3 Å². The number of aryl methyl sites for hydroxylation is 1. The van der Waals surface area contributed by atoms with Gasteiger partial charge in [-0.05, 0) is 66.8 Å². The molecule has 27 heavy (non-hydrogen) atoms. The summed E-state index contributed by atoms with van der Waals surface area (Å²) in [5.74, 6) is 1.60. The van der Waals surface area contributed by atoms with E-state index < -0.39 is 5.97 Å². The van der Waals surface area contributed by atoms with Gasteiger partial charge in [-0.3, -0.25) is 4.79 Å². The third-order valence-corrected chi connectivity index (χ3v) is 5.86. The van der Waals surface area contributed by atoms with Gasteiger partial charge < -0.3 is 15.2 Å². The van der Waals surface area contributed by atoms with Crippen molar-refractivity contribution in [2.45, 2.75) is 59.1 Å². The molecule has 2 aromatic rings. The third-order valence-electron chi connectivity index (χ3n) is 5.86. The molecule has 0 amide bonds. The fourth-order valence-corrected chi connectivity index (χ4v) is 4.22. The smallest absolute Gasteiger partial charge is 0.317 e. The first-order valence-electron chi connectivity index (χ1n) is 10.1. The molecule has 146 valence electrons. The molecule has 1 saturated carbocycles. The number of carboxylic acids is 1. The highest BCUT2D eigenvalue weighted by molar-refractivity contribution is 5.90. The van der Waals surface area contributed by atoms with Crippen LogP contribution in [-0.4, -0.2) is 23.7 Å². The second-order valence-corrected chi connectivity index (χ2v) is 8.11. The first-order chi connectivity index (χ1) is 13.0. The van der Waals surface area contributed by atoms with Crippen molar-refractivity contribution in [3.63, 3.8) is 0 Å². The van der Waals surface area contributed by atoms with Crippen molar-refractivity contribution in [1.82, 2.24) is 5.32 Å². The number of carboxylic acid groups (broad SMARTS) is 1. The molecule has 4 heteroatoms.